The zero-order valence-electron chi connectivity index (χ0n) is 10.9. The van der Waals surface area contributed by atoms with Crippen LogP contribution in [-0.4, -0.2) is 44.8 Å². The number of halogens is 1. The Bertz CT molecular complexity index is 598. The molecule has 2 fully saturated rings. The van der Waals surface area contributed by atoms with Gasteiger partial charge < -0.3 is 9.47 Å². The van der Waals surface area contributed by atoms with Gasteiger partial charge in [0.15, 0.2) is 5.79 Å². The standard InChI is InChI=1S/C13H16BrNO4S/c14-11-3-1-4-12(9-11)20(16,17)15-6-2-5-13(10-15)18-7-8-19-13/h1,3-4,9H,2,5-8,10H2. The van der Waals surface area contributed by atoms with Crippen LogP contribution in [0, 0.1) is 0 Å². The average molecular weight is 362 g/mol. The molecule has 1 aromatic rings. The van der Waals surface area contributed by atoms with Crippen molar-refractivity contribution in [1.82, 2.24) is 4.31 Å². The van der Waals surface area contributed by atoms with Crippen molar-refractivity contribution < 1.29 is 17.9 Å². The summed E-state index contributed by atoms with van der Waals surface area (Å²) in [5.41, 5.74) is 0. The van der Waals surface area contributed by atoms with E-state index in [9.17, 15) is 8.42 Å². The first kappa shape index (κ1) is 14.5. The van der Waals surface area contributed by atoms with Gasteiger partial charge in [-0.15, -0.1) is 0 Å². The second-order valence-corrected chi connectivity index (χ2v) is 7.86. The van der Waals surface area contributed by atoms with E-state index in [2.05, 4.69) is 15.9 Å². The van der Waals surface area contributed by atoms with Crippen molar-refractivity contribution >= 4 is 26.0 Å². The van der Waals surface area contributed by atoms with Gasteiger partial charge in [-0.25, -0.2) is 8.42 Å². The molecular formula is C13H16BrNO4S. The van der Waals surface area contributed by atoms with Crippen molar-refractivity contribution in [3.05, 3.63) is 28.7 Å². The third kappa shape index (κ3) is 2.65. The average Bonchev–Trinajstić information content (AvgIpc) is 2.87. The van der Waals surface area contributed by atoms with E-state index < -0.39 is 15.8 Å². The number of hydrogen-bond donors (Lipinski definition) is 0. The van der Waals surface area contributed by atoms with Crippen LogP contribution in [0.4, 0.5) is 0 Å². The van der Waals surface area contributed by atoms with Crippen molar-refractivity contribution in [2.24, 2.45) is 0 Å². The van der Waals surface area contributed by atoms with E-state index in [4.69, 9.17) is 9.47 Å². The van der Waals surface area contributed by atoms with Crippen LogP contribution in [0.1, 0.15) is 12.8 Å². The van der Waals surface area contributed by atoms with Gasteiger partial charge in [-0.1, -0.05) is 22.0 Å². The Morgan fingerprint density at radius 1 is 1.25 bits per heavy atom. The molecule has 2 heterocycles. The van der Waals surface area contributed by atoms with Crippen LogP contribution >= 0.6 is 15.9 Å². The van der Waals surface area contributed by atoms with E-state index in [1.54, 1.807) is 24.3 Å². The maximum atomic E-state index is 12.7. The predicted molar refractivity (Wildman–Crippen MR) is 76.8 cm³/mol. The zero-order chi connectivity index (χ0) is 14.2. The molecule has 110 valence electrons. The third-order valence-corrected chi connectivity index (χ3v) is 5.96. The van der Waals surface area contributed by atoms with Crippen LogP contribution in [0.2, 0.25) is 0 Å². The summed E-state index contributed by atoms with van der Waals surface area (Å²) in [5.74, 6) is -0.739. The lowest BCUT2D eigenvalue weighted by molar-refractivity contribution is -0.179. The Morgan fingerprint density at radius 2 is 2.00 bits per heavy atom. The molecule has 0 radical (unpaired) electrons. The highest BCUT2D eigenvalue weighted by Gasteiger charge is 2.44. The number of rotatable bonds is 2. The number of nitrogens with zero attached hydrogens (tertiary/aromatic N) is 1. The van der Waals surface area contributed by atoms with Crippen LogP contribution in [0.25, 0.3) is 0 Å². The lowest BCUT2D eigenvalue weighted by Crippen LogP contribution is -2.50. The highest BCUT2D eigenvalue weighted by atomic mass is 79.9. The van der Waals surface area contributed by atoms with Crippen molar-refractivity contribution in [1.29, 1.82) is 0 Å². The lowest BCUT2D eigenvalue weighted by atomic mass is 10.1. The first-order valence-corrected chi connectivity index (χ1v) is 8.79. The predicted octanol–water partition coefficient (Wildman–Crippen LogP) is 1.98. The molecule has 20 heavy (non-hydrogen) atoms. The Hall–Kier alpha value is -0.470. The maximum absolute atomic E-state index is 12.7. The smallest absolute Gasteiger partial charge is 0.243 e. The molecule has 0 unspecified atom stereocenters. The van der Waals surface area contributed by atoms with E-state index >= 15 is 0 Å². The van der Waals surface area contributed by atoms with E-state index in [0.29, 0.717) is 24.7 Å². The third-order valence-electron chi connectivity index (χ3n) is 3.63. The fourth-order valence-corrected chi connectivity index (χ4v) is 4.78. The summed E-state index contributed by atoms with van der Waals surface area (Å²) in [7, 11) is -3.50. The molecule has 2 aliphatic heterocycles. The number of sulfonamides is 1. The van der Waals surface area contributed by atoms with Gasteiger partial charge in [0, 0.05) is 17.4 Å². The summed E-state index contributed by atoms with van der Waals surface area (Å²) in [5, 5.41) is 0. The SMILES string of the molecule is O=S(=O)(c1cccc(Br)c1)N1CCCC2(C1)OCCO2. The van der Waals surface area contributed by atoms with Gasteiger partial charge in [0.25, 0.3) is 0 Å². The molecule has 0 aliphatic carbocycles. The van der Waals surface area contributed by atoms with Crippen LogP contribution < -0.4 is 0 Å². The molecule has 2 aliphatic rings. The first-order chi connectivity index (χ1) is 9.52. The first-order valence-electron chi connectivity index (χ1n) is 6.56. The van der Waals surface area contributed by atoms with Gasteiger partial charge in [0.2, 0.25) is 10.0 Å². The second kappa shape index (κ2) is 5.38. The summed E-state index contributed by atoms with van der Waals surface area (Å²) >= 11 is 3.31. The largest absolute Gasteiger partial charge is 0.346 e. The Kier molecular flexibility index (Phi) is 3.89. The molecular weight excluding hydrogens is 346 g/mol. The van der Waals surface area contributed by atoms with Gasteiger partial charge in [-0.05, 0) is 24.6 Å². The van der Waals surface area contributed by atoms with Crippen LogP contribution in [0.5, 0.6) is 0 Å². The van der Waals surface area contributed by atoms with E-state index in [-0.39, 0.29) is 6.54 Å². The Morgan fingerprint density at radius 3 is 2.70 bits per heavy atom. The normalized spacial score (nSPS) is 23.2. The second-order valence-electron chi connectivity index (χ2n) is 5.01. The van der Waals surface area contributed by atoms with Crippen molar-refractivity contribution in [2.75, 3.05) is 26.3 Å². The lowest BCUT2D eigenvalue weighted by Gasteiger charge is -2.37. The minimum absolute atomic E-state index is 0.266. The summed E-state index contributed by atoms with van der Waals surface area (Å²) in [6.07, 6.45) is 1.49. The minimum Gasteiger partial charge on any atom is -0.346 e. The van der Waals surface area contributed by atoms with Gasteiger partial charge in [0.05, 0.1) is 24.7 Å². The van der Waals surface area contributed by atoms with E-state index in [0.717, 1.165) is 17.3 Å². The quantitative estimate of drug-likeness (QED) is 0.807. The molecule has 1 spiro atoms. The van der Waals surface area contributed by atoms with Crippen LogP contribution in [0.3, 0.4) is 0 Å². The molecule has 0 saturated carbocycles. The maximum Gasteiger partial charge on any atom is 0.243 e. The Balaban J connectivity index is 1.87. The molecule has 7 heteroatoms. The minimum atomic E-state index is -3.50. The molecule has 0 amide bonds. The summed E-state index contributed by atoms with van der Waals surface area (Å²) in [4.78, 5) is 0.293. The van der Waals surface area contributed by atoms with Crippen LogP contribution in [-0.2, 0) is 19.5 Å². The van der Waals surface area contributed by atoms with Crippen molar-refractivity contribution in [3.8, 4) is 0 Å². The van der Waals surface area contributed by atoms with Crippen molar-refractivity contribution in [3.63, 3.8) is 0 Å². The topological polar surface area (TPSA) is 55.8 Å². The molecule has 0 atom stereocenters. The molecule has 0 bridgehead atoms. The van der Waals surface area contributed by atoms with Gasteiger partial charge in [-0.2, -0.15) is 4.31 Å². The van der Waals surface area contributed by atoms with Crippen LogP contribution in [0.15, 0.2) is 33.6 Å². The summed E-state index contributed by atoms with van der Waals surface area (Å²) in [6.45, 7) is 1.83. The molecule has 0 N–H and O–H groups in total. The molecule has 0 aromatic heterocycles. The number of benzene rings is 1. The summed E-state index contributed by atoms with van der Waals surface area (Å²) < 4.78 is 38.8. The number of piperidine rings is 1. The van der Waals surface area contributed by atoms with E-state index in [1.807, 2.05) is 0 Å². The van der Waals surface area contributed by atoms with Crippen molar-refractivity contribution in [2.45, 2.75) is 23.5 Å². The fourth-order valence-electron chi connectivity index (χ4n) is 2.67. The van der Waals surface area contributed by atoms with E-state index in [1.165, 1.54) is 4.31 Å². The Labute approximate surface area is 127 Å². The van der Waals surface area contributed by atoms with Gasteiger partial charge in [0.1, 0.15) is 0 Å². The molecule has 5 nitrogen and oxygen atoms in total. The molecule has 2 saturated heterocycles. The molecule has 1 aromatic carbocycles. The van der Waals surface area contributed by atoms with Gasteiger partial charge in [-0.3, -0.25) is 0 Å². The van der Waals surface area contributed by atoms with Gasteiger partial charge >= 0.3 is 0 Å². The highest BCUT2D eigenvalue weighted by molar-refractivity contribution is 9.10. The number of ether oxygens (including phenoxy) is 2. The fraction of sp³-hybridized carbons (Fsp3) is 0.538. The summed E-state index contributed by atoms with van der Waals surface area (Å²) in [6, 6.07) is 6.75. The zero-order valence-corrected chi connectivity index (χ0v) is 13.3. The monoisotopic (exact) mass is 361 g/mol. The highest BCUT2D eigenvalue weighted by Crippen LogP contribution is 2.33. The number of hydrogen-bond acceptors (Lipinski definition) is 4. The molecule has 3 rings (SSSR count).